The van der Waals surface area contributed by atoms with Gasteiger partial charge in [0.1, 0.15) is 5.82 Å². The summed E-state index contributed by atoms with van der Waals surface area (Å²) in [5, 5.41) is 12.5. The first kappa shape index (κ1) is 21.9. The molecule has 31 heavy (non-hydrogen) atoms. The summed E-state index contributed by atoms with van der Waals surface area (Å²) >= 11 is 0. The monoisotopic (exact) mass is 430 g/mol. The van der Waals surface area contributed by atoms with Crippen molar-refractivity contribution in [2.45, 2.75) is 70.4 Å². The lowest BCUT2D eigenvalue weighted by atomic mass is 9.78. The molecule has 0 radical (unpaired) electrons. The number of nitrogens with zero attached hydrogens (tertiary/aromatic N) is 3. The number of ether oxygens (including phenoxy) is 1. The molecule has 8 nitrogen and oxygen atoms in total. The number of anilines is 2. The van der Waals surface area contributed by atoms with Crippen molar-refractivity contribution >= 4 is 23.5 Å². The van der Waals surface area contributed by atoms with Gasteiger partial charge in [0.05, 0.1) is 30.0 Å². The van der Waals surface area contributed by atoms with Crippen LogP contribution in [0.15, 0.2) is 18.3 Å². The molecule has 2 N–H and O–H groups in total. The smallest absolute Gasteiger partial charge is 0.411 e. The zero-order chi connectivity index (χ0) is 21.8. The Morgan fingerprint density at radius 1 is 1.26 bits per heavy atom. The van der Waals surface area contributed by atoms with Crippen molar-refractivity contribution < 1.29 is 19.4 Å². The van der Waals surface area contributed by atoms with E-state index >= 15 is 0 Å². The van der Waals surface area contributed by atoms with Crippen LogP contribution in [0.4, 0.5) is 16.3 Å². The van der Waals surface area contributed by atoms with Crippen LogP contribution in [-0.2, 0) is 9.53 Å². The van der Waals surface area contributed by atoms with Crippen molar-refractivity contribution in [2.75, 3.05) is 36.5 Å². The van der Waals surface area contributed by atoms with Crippen LogP contribution in [0.3, 0.4) is 0 Å². The van der Waals surface area contributed by atoms with Crippen molar-refractivity contribution in [3.8, 4) is 0 Å². The van der Waals surface area contributed by atoms with Gasteiger partial charge in [0, 0.05) is 25.7 Å². The lowest BCUT2D eigenvalue weighted by Gasteiger charge is -2.41. The number of hydrogen-bond donors (Lipinski definition) is 2. The van der Waals surface area contributed by atoms with Gasteiger partial charge in [0.2, 0.25) is 5.91 Å². The van der Waals surface area contributed by atoms with Crippen molar-refractivity contribution in [1.82, 2.24) is 9.88 Å². The Hall–Kier alpha value is -2.35. The first-order valence-corrected chi connectivity index (χ1v) is 11.6. The molecule has 1 aliphatic carbocycles. The van der Waals surface area contributed by atoms with Gasteiger partial charge in [-0.25, -0.2) is 9.78 Å². The van der Waals surface area contributed by atoms with Crippen molar-refractivity contribution in [2.24, 2.45) is 5.41 Å². The SMILES string of the molecule is CCCOC(=O)Nc1ccc(N2CCCC3(CCN(C4CCC(O)CC4)C3=O)C2)nc1. The normalized spacial score (nSPS) is 28.8. The molecule has 1 atom stereocenters. The van der Waals surface area contributed by atoms with Crippen LogP contribution in [0.25, 0.3) is 0 Å². The highest BCUT2D eigenvalue weighted by Crippen LogP contribution is 2.43. The van der Waals surface area contributed by atoms with Gasteiger partial charge in [0.25, 0.3) is 0 Å². The fraction of sp³-hybridized carbons (Fsp3) is 0.696. The summed E-state index contributed by atoms with van der Waals surface area (Å²) in [7, 11) is 0. The Balaban J connectivity index is 1.38. The number of likely N-dealkylation sites (tertiary alicyclic amines) is 1. The summed E-state index contributed by atoms with van der Waals surface area (Å²) in [4.78, 5) is 34.0. The molecule has 1 aromatic heterocycles. The number of aliphatic hydroxyl groups excluding tert-OH is 1. The third-order valence-electron chi connectivity index (χ3n) is 6.99. The molecule has 0 aromatic carbocycles. The number of hydrogen-bond acceptors (Lipinski definition) is 6. The molecule has 1 unspecified atom stereocenters. The zero-order valence-electron chi connectivity index (χ0n) is 18.4. The van der Waals surface area contributed by atoms with E-state index in [0.29, 0.717) is 18.8 Å². The van der Waals surface area contributed by atoms with Crippen LogP contribution in [0.1, 0.15) is 58.3 Å². The number of rotatable bonds is 5. The van der Waals surface area contributed by atoms with Gasteiger partial charge in [-0.15, -0.1) is 0 Å². The second-order valence-electron chi connectivity index (χ2n) is 9.18. The Labute approximate surface area is 184 Å². The van der Waals surface area contributed by atoms with Gasteiger partial charge in [-0.2, -0.15) is 0 Å². The molecule has 2 aliphatic heterocycles. The van der Waals surface area contributed by atoms with E-state index in [0.717, 1.165) is 70.3 Å². The summed E-state index contributed by atoms with van der Waals surface area (Å²) in [5.41, 5.74) is 0.274. The summed E-state index contributed by atoms with van der Waals surface area (Å²) in [6, 6.07) is 4.00. The van der Waals surface area contributed by atoms with E-state index in [2.05, 4.69) is 20.1 Å². The van der Waals surface area contributed by atoms with Gasteiger partial charge in [-0.3, -0.25) is 10.1 Å². The van der Waals surface area contributed by atoms with Crippen molar-refractivity contribution in [3.63, 3.8) is 0 Å². The molecule has 3 aliphatic rings. The Morgan fingerprint density at radius 3 is 2.77 bits per heavy atom. The van der Waals surface area contributed by atoms with E-state index in [9.17, 15) is 14.7 Å². The molecule has 0 bridgehead atoms. The topological polar surface area (TPSA) is 95.0 Å². The number of amides is 2. The van der Waals surface area contributed by atoms with Crippen LogP contribution >= 0.6 is 0 Å². The maximum atomic E-state index is 13.5. The fourth-order valence-corrected chi connectivity index (χ4v) is 5.27. The minimum atomic E-state index is -0.472. The molecule has 2 saturated heterocycles. The van der Waals surface area contributed by atoms with Gasteiger partial charge >= 0.3 is 6.09 Å². The molecule has 170 valence electrons. The Bertz CT molecular complexity index is 778. The number of carbonyl (C=O) groups excluding carboxylic acids is 2. The second kappa shape index (κ2) is 9.42. The van der Waals surface area contributed by atoms with E-state index in [1.807, 2.05) is 19.1 Å². The highest BCUT2D eigenvalue weighted by molar-refractivity contribution is 5.86. The summed E-state index contributed by atoms with van der Waals surface area (Å²) in [6.45, 7) is 4.73. The molecule has 4 rings (SSSR count). The highest BCUT2D eigenvalue weighted by Gasteiger charge is 2.50. The minimum Gasteiger partial charge on any atom is -0.449 e. The van der Waals surface area contributed by atoms with Crippen LogP contribution < -0.4 is 10.2 Å². The molecule has 8 heteroatoms. The third kappa shape index (κ3) is 4.79. The van der Waals surface area contributed by atoms with Crippen LogP contribution in [0, 0.1) is 5.41 Å². The highest BCUT2D eigenvalue weighted by atomic mass is 16.5. The predicted molar refractivity (Wildman–Crippen MR) is 118 cm³/mol. The van der Waals surface area contributed by atoms with Crippen molar-refractivity contribution in [1.29, 1.82) is 0 Å². The largest absolute Gasteiger partial charge is 0.449 e. The minimum absolute atomic E-state index is 0.204. The van der Waals surface area contributed by atoms with Gasteiger partial charge < -0.3 is 19.6 Å². The lowest BCUT2D eigenvalue weighted by Crippen LogP contribution is -2.50. The van der Waals surface area contributed by atoms with Gasteiger partial charge in [0.15, 0.2) is 0 Å². The summed E-state index contributed by atoms with van der Waals surface area (Å²) in [6.07, 6.45) is 7.93. The Kier molecular flexibility index (Phi) is 6.65. The number of carbonyl (C=O) groups is 2. The summed E-state index contributed by atoms with van der Waals surface area (Å²) < 4.78 is 5.04. The standard InChI is InChI=1S/C23H34N4O4/c1-2-14-31-22(30)25-17-4-9-20(24-15-17)26-12-3-10-23(16-26)11-13-27(21(23)29)18-5-7-19(28)8-6-18/h4,9,15,18-19,28H,2-3,5-8,10-14,16H2,1H3,(H,25,30). The molecule has 1 saturated carbocycles. The molecule has 3 fully saturated rings. The third-order valence-corrected chi connectivity index (χ3v) is 6.99. The fourth-order valence-electron chi connectivity index (χ4n) is 5.27. The van der Waals surface area contributed by atoms with Crippen LogP contribution in [0.2, 0.25) is 0 Å². The van der Waals surface area contributed by atoms with E-state index in [1.165, 1.54) is 0 Å². The average Bonchev–Trinajstić information content (AvgIpc) is 3.09. The number of aliphatic hydroxyl groups is 1. The zero-order valence-corrected chi connectivity index (χ0v) is 18.4. The van der Waals surface area contributed by atoms with E-state index in [-0.39, 0.29) is 23.5 Å². The predicted octanol–water partition coefficient (Wildman–Crippen LogP) is 3.16. The van der Waals surface area contributed by atoms with Gasteiger partial charge in [-0.05, 0) is 63.5 Å². The first-order valence-electron chi connectivity index (χ1n) is 11.6. The van der Waals surface area contributed by atoms with Crippen molar-refractivity contribution in [3.05, 3.63) is 18.3 Å². The van der Waals surface area contributed by atoms with E-state index < -0.39 is 6.09 Å². The maximum absolute atomic E-state index is 13.5. The Morgan fingerprint density at radius 2 is 2.06 bits per heavy atom. The maximum Gasteiger partial charge on any atom is 0.411 e. The molecule has 1 aromatic rings. The summed E-state index contributed by atoms with van der Waals surface area (Å²) in [5.74, 6) is 1.12. The quantitative estimate of drug-likeness (QED) is 0.745. The van der Waals surface area contributed by atoms with Crippen LogP contribution in [-0.4, -0.2) is 65.4 Å². The number of pyridine rings is 1. The molecule has 1 spiro atoms. The first-order chi connectivity index (χ1) is 15.0. The average molecular weight is 431 g/mol. The second-order valence-corrected chi connectivity index (χ2v) is 9.18. The molecular formula is C23H34N4O4. The van der Waals surface area contributed by atoms with E-state index in [4.69, 9.17) is 4.74 Å². The van der Waals surface area contributed by atoms with Crippen LogP contribution in [0.5, 0.6) is 0 Å². The number of piperidine rings is 1. The lowest BCUT2D eigenvalue weighted by molar-refractivity contribution is -0.139. The molecular weight excluding hydrogens is 396 g/mol. The van der Waals surface area contributed by atoms with Gasteiger partial charge in [-0.1, -0.05) is 6.92 Å². The number of aromatic nitrogens is 1. The number of nitrogens with one attached hydrogen (secondary N) is 1. The molecule has 3 heterocycles. The molecule has 2 amide bonds. The van der Waals surface area contributed by atoms with E-state index in [1.54, 1.807) is 6.20 Å².